The lowest BCUT2D eigenvalue weighted by atomic mass is 10.1. The first-order valence-electron chi connectivity index (χ1n) is 9.06. The molecule has 1 N–H and O–H groups in total. The highest BCUT2D eigenvalue weighted by atomic mass is 32.2. The maximum absolute atomic E-state index is 13.3. The fourth-order valence-corrected chi connectivity index (χ4v) is 5.36. The van der Waals surface area contributed by atoms with Crippen LogP contribution in [0.4, 0.5) is 10.1 Å². The molecular weight excluding hydrogens is 427 g/mol. The standard InChI is InChI=1S/C21H21FN2O4S2/c1-15(16-5-11-19(28-2)12-6-16)23-20(25)14-24(18-9-7-17(22)8-10-18)30(26,27)21-4-3-13-29-21/h3-13,15H,14H2,1-2H3,(H,23,25)/t15-/m1/s1. The molecule has 0 unspecified atom stereocenters. The van der Waals surface area contributed by atoms with Crippen LogP contribution in [0.2, 0.25) is 0 Å². The van der Waals surface area contributed by atoms with E-state index in [1.54, 1.807) is 37.6 Å². The number of sulfonamides is 1. The SMILES string of the molecule is COc1ccc([C@@H](C)NC(=O)CN(c2ccc(F)cc2)S(=O)(=O)c2cccs2)cc1. The number of carbonyl (C=O) groups excluding carboxylic acids is 1. The van der Waals surface area contributed by atoms with E-state index < -0.39 is 28.3 Å². The lowest BCUT2D eigenvalue weighted by molar-refractivity contribution is -0.120. The van der Waals surface area contributed by atoms with Crippen molar-refractivity contribution >= 4 is 33.0 Å². The average molecular weight is 449 g/mol. The fourth-order valence-electron chi connectivity index (χ4n) is 2.83. The summed E-state index contributed by atoms with van der Waals surface area (Å²) in [6.45, 7) is 1.36. The molecule has 158 valence electrons. The first kappa shape index (κ1) is 21.8. The highest BCUT2D eigenvalue weighted by Gasteiger charge is 2.28. The van der Waals surface area contributed by atoms with Gasteiger partial charge in [-0.2, -0.15) is 0 Å². The number of anilines is 1. The van der Waals surface area contributed by atoms with Gasteiger partial charge in [-0.05, 0) is 60.3 Å². The minimum atomic E-state index is -3.98. The summed E-state index contributed by atoms with van der Waals surface area (Å²) in [5.74, 6) is -0.283. The van der Waals surface area contributed by atoms with E-state index in [9.17, 15) is 17.6 Å². The second-order valence-electron chi connectivity index (χ2n) is 6.48. The van der Waals surface area contributed by atoms with Crippen molar-refractivity contribution in [2.75, 3.05) is 18.0 Å². The molecule has 0 aliphatic rings. The zero-order chi connectivity index (χ0) is 21.7. The third-order valence-electron chi connectivity index (χ3n) is 4.43. The molecule has 1 heterocycles. The van der Waals surface area contributed by atoms with E-state index in [0.717, 1.165) is 33.3 Å². The number of nitrogens with zero attached hydrogens (tertiary/aromatic N) is 1. The van der Waals surface area contributed by atoms with Crippen molar-refractivity contribution in [3.63, 3.8) is 0 Å². The van der Waals surface area contributed by atoms with E-state index in [-0.39, 0.29) is 15.9 Å². The van der Waals surface area contributed by atoms with Crippen molar-refractivity contribution in [3.05, 3.63) is 77.4 Å². The van der Waals surface area contributed by atoms with Gasteiger partial charge in [-0.15, -0.1) is 11.3 Å². The van der Waals surface area contributed by atoms with Crippen LogP contribution >= 0.6 is 11.3 Å². The Labute approximate surface area is 179 Å². The van der Waals surface area contributed by atoms with Crippen molar-refractivity contribution in [2.24, 2.45) is 0 Å². The van der Waals surface area contributed by atoms with Crippen LogP contribution in [0.15, 0.2) is 70.3 Å². The van der Waals surface area contributed by atoms with Gasteiger partial charge in [-0.25, -0.2) is 12.8 Å². The van der Waals surface area contributed by atoms with Crippen LogP contribution in [0.3, 0.4) is 0 Å². The number of carbonyl (C=O) groups is 1. The molecule has 30 heavy (non-hydrogen) atoms. The minimum absolute atomic E-state index is 0.0998. The molecule has 0 fully saturated rings. The fraction of sp³-hybridized carbons (Fsp3) is 0.190. The largest absolute Gasteiger partial charge is 0.497 e. The predicted molar refractivity (Wildman–Crippen MR) is 115 cm³/mol. The number of hydrogen-bond donors (Lipinski definition) is 1. The molecule has 0 aliphatic heterocycles. The van der Waals surface area contributed by atoms with E-state index in [2.05, 4.69) is 5.32 Å². The second-order valence-corrected chi connectivity index (χ2v) is 9.52. The lowest BCUT2D eigenvalue weighted by Crippen LogP contribution is -2.41. The minimum Gasteiger partial charge on any atom is -0.497 e. The molecule has 3 rings (SSSR count). The molecule has 6 nitrogen and oxygen atoms in total. The Morgan fingerprint density at radius 2 is 1.80 bits per heavy atom. The first-order valence-corrected chi connectivity index (χ1v) is 11.4. The van der Waals surface area contributed by atoms with Gasteiger partial charge in [0.25, 0.3) is 10.0 Å². The van der Waals surface area contributed by atoms with Crippen LogP contribution in [0.25, 0.3) is 0 Å². The summed E-state index contributed by atoms with van der Waals surface area (Å²) in [6, 6.07) is 14.9. The van der Waals surface area contributed by atoms with Crippen molar-refractivity contribution in [1.29, 1.82) is 0 Å². The molecule has 1 atom stereocenters. The van der Waals surface area contributed by atoms with Gasteiger partial charge in [0.05, 0.1) is 18.8 Å². The number of hydrogen-bond acceptors (Lipinski definition) is 5. The topological polar surface area (TPSA) is 75.7 Å². The molecule has 0 aliphatic carbocycles. The van der Waals surface area contributed by atoms with E-state index >= 15 is 0 Å². The van der Waals surface area contributed by atoms with Crippen LogP contribution in [0, 0.1) is 5.82 Å². The maximum Gasteiger partial charge on any atom is 0.274 e. The summed E-state index contributed by atoms with van der Waals surface area (Å²) in [6.07, 6.45) is 0. The highest BCUT2D eigenvalue weighted by Crippen LogP contribution is 2.27. The summed E-state index contributed by atoms with van der Waals surface area (Å²) >= 11 is 1.05. The van der Waals surface area contributed by atoms with Crippen molar-refractivity contribution in [2.45, 2.75) is 17.2 Å². The molecule has 9 heteroatoms. The number of halogens is 1. The lowest BCUT2D eigenvalue weighted by Gasteiger charge is -2.24. The molecule has 0 saturated carbocycles. The predicted octanol–water partition coefficient (Wildman–Crippen LogP) is 3.97. The summed E-state index contributed by atoms with van der Waals surface area (Å²) in [5.41, 5.74) is 1.05. The Hall–Kier alpha value is -2.91. The van der Waals surface area contributed by atoms with E-state index in [1.165, 1.54) is 18.2 Å². The highest BCUT2D eigenvalue weighted by molar-refractivity contribution is 7.94. The quantitative estimate of drug-likeness (QED) is 0.566. The molecular formula is C21H21FN2O4S2. The van der Waals surface area contributed by atoms with Crippen LogP contribution in [0.1, 0.15) is 18.5 Å². The smallest absolute Gasteiger partial charge is 0.274 e. The van der Waals surface area contributed by atoms with Gasteiger partial charge >= 0.3 is 0 Å². The maximum atomic E-state index is 13.3. The molecule has 1 aromatic heterocycles. The molecule has 0 spiro atoms. The number of benzene rings is 2. The van der Waals surface area contributed by atoms with Gasteiger partial charge < -0.3 is 10.1 Å². The number of methoxy groups -OCH3 is 1. The number of ether oxygens (including phenoxy) is 1. The van der Waals surface area contributed by atoms with Crippen LogP contribution in [-0.4, -0.2) is 28.0 Å². The Kier molecular flexibility index (Phi) is 6.73. The Morgan fingerprint density at radius 3 is 2.37 bits per heavy atom. The van der Waals surface area contributed by atoms with Gasteiger partial charge in [0, 0.05) is 0 Å². The number of nitrogens with one attached hydrogen (secondary N) is 1. The molecule has 1 amide bonds. The van der Waals surface area contributed by atoms with Gasteiger partial charge in [0.2, 0.25) is 5.91 Å². The molecule has 3 aromatic rings. The first-order chi connectivity index (χ1) is 14.3. The van der Waals surface area contributed by atoms with Crippen molar-refractivity contribution in [1.82, 2.24) is 5.32 Å². The van der Waals surface area contributed by atoms with Gasteiger partial charge in [-0.3, -0.25) is 9.10 Å². The normalized spacial score (nSPS) is 12.2. The molecule has 0 radical (unpaired) electrons. The monoisotopic (exact) mass is 448 g/mol. The van der Waals surface area contributed by atoms with Gasteiger partial charge in [-0.1, -0.05) is 18.2 Å². The van der Waals surface area contributed by atoms with Crippen LogP contribution in [0.5, 0.6) is 5.75 Å². The zero-order valence-electron chi connectivity index (χ0n) is 16.4. The Morgan fingerprint density at radius 1 is 1.13 bits per heavy atom. The van der Waals surface area contributed by atoms with E-state index in [0.29, 0.717) is 5.75 Å². The summed E-state index contributed by atoms with van der Waals surface area (Å²) in [5, 5.41) is 4.45. The summed E-state index contributed by atoms with van der Waals surface area (Å²) in [7, 11) is -2.41. The third kappa shape index (κ3) is 4.98. The zero-order valence-corrected chi connectivity index (χ0v) is 18.0. The molecule has 0 saturated heterocycles. The van der Waals surface area contributed by atoms with E-state index in [1.807, 2.05) is 12.1 Å². The van der Waals surface area contributed by atoms with Crippen LogP contribution < -0.4 is 14.4 Å². The summed E-state index contributed by atoms with van der Waals surface area (Å²) < 4.78 is 45.7. The number of amides is 1. The van der Waals surface area contributed by atoms with Crippen molar-refractivity contribution in [3.8, 4) is 5.75 Å². The van der Waals surface area contributed by atoms with E-state index in [4.69, 9.17) is 4.74 Å². The van der Waals surface area contributed by atoms with Gasteiger partial charge in [0.1, 0.15) is 22.3 Å². The Balaban J connectivity index is 1.81. The second kappa shape index (κ2) is 9.27. The van der Waals surface area contributed by atoms with Gasteiger partial charge in [0.15, 0.2) is 0 Å². The third-order valence-corrected chi connectivity index (χ3v) is 7.58. The molecule has 0 bridgehead atoms. The summed E-state index contributed by atoms with van der Waals surface area (Å²) in [4.78, 5) is 12.7. The average Bonchev–Trinajstić information content (AvgIpc) is 3.28. The number of thiophene rings is 1. The van der Waals surface area contributed by atoms with Crippen LogP contribution in [-0.2, 0) is 14.8 Å². The number of rotatable bonds is 8. The van der Waals surface area contributed by atoms with Crippen molar-refractivity contribution < 1.29 is 22.3 Å². The Bertz CT molecular complexity index is 1080. The molecule has 2 aromatic carbocycles.